The third kappa shape index (κ3) is 3.13. The molecule has 0 saturated carbocycles. The van der Waals surface area contributed by atoms with Crippen LogP contribution in [-0.4, -0.2) is 16.3 Å². The molecule has 0 amide bonds. The van der Waals surface area contributed by atoms with Crippen molar-refractivity contribution in [3.63, 3.8) is 0 Å². The van der Waals surface area contributed by atoms with Gasteiger partial charge >= 0.3 is 0 Å². The molecule has 0 radical (unpaired) electrons. The van der Waals surface area contributed by atoms with Crippen LogP contribution in [0.2, 0.25) is 0 Å². The van der Waals surface area contributed by atoms with Crippen LogP contribution in [0.4, 0.5) is 0 Å². The molecule has 0 aromatic rings. The summed E-state index contributed by atoms with van der Waals surface area (Å²) in [7, 11) is 0. The molecule has 0 N–H and O–H groups in total. The molecule has 0 aromatic carbocycles. The third-order valence-corrected chi connectivity index (χ3v) is 5.44. The molecule has 2 aliphatic rings. The quantitative estimate of drug-likeness (QED) is 0.532. The van der Waals surface area contributed by atoms with Gasteiger partial charge in [0.1, 0.15) is 5.78 Å². The Morgan fingerprint density at radius 3 is 2.62 bits per heavy atom. The summed E-state index contributed by atoms with van der Waals surface area (Å²) in [6.07, 6.45) is 11.1. The van der Waals surface area contributed by atoms with E-state index in [0.717, 1.165) is 42.6 Å². The van der Waals surface area contributed by atoms with Gasteiger partial charge in [0.2, 0.25) is 0 Å². The normalized spacial score (nSPS) is 33.4. The van der Waals surface area contributed by atoms with Crippen molar-refractivity contribution in [3.05, 3.63) is 12.7 Å². The zero-order valence-electron chi connectivity index (χ0n) is 9.99. The van der Waals surface area contributed by atoms with Gasteiger partial charge < -0.3 is 0 Å². The molecule has 16 heavy (non-hydrogen) atoms. The minimum atomic E-state index is 0.390. The molecule has 2 saturated heterocycles. The summed E-state index contributed by atoms with van der Waals surface area (Å²) in [5.74, 6) is 0.917. The van der Waals surface area contributed by atoms with Crippen molar-refractivity contribution in [1.82, 2.24) is 0 Å². The maximum absolute atomic E-state index is 12.1. The fraction of sp³-hybridized carbons (Fsp3) is 0.786. The lowest BCUT2D eigenvalue weighted by Crippen LogP contribution is -2.32. The second-order valence-corrected chi connectivity index (χ2v) is 6.73. The number of Topliss-reactive ketones (excluding diaryl/α,β-unsaturated/α-hetero) is 1. The topological polar surface area (TPSA) is 17.1 Å². The van der Waals surface area contributed by atoms with Gasteiger partial charge in [-0.1, -0.05) is 12.5 Å². The summed E-state index contributed by atoms with van der Waals surface area (Å²) >= 11 is 2.15. The predicted octanol–water partition coefficient (Wildman–Crippen LogP) is 3.98. The summed E-state index contributed by atoms with van der Waals surface area (Å²) in [5.41, 5.74) is 0. The Morgan fingerprint density at radius 2 is 2.00 bits per heavy atom. The number of thioether (sulfide) groups is 1. The number of hydrogen-bond acceptors (Lipinski definition) is 2. The average Bonchev–Trinajstić information content (AvgIpc) is 2.28. The van der Waals surface area contributed by atoms with Crippen molar-refractivity contribution in [2.75, 3.05) is 0 Å². The number of ketones is 1. The second kappa shape index (κ2) is 5.90. The number of carbonyl (C=O) groups is 1. The number of unbranched alkanes of at least 4 members (excludes halogenated alkanes) is 1. The monoisotopic (exact) mass is 238 g/mol. The van der Waals surface area contributed by atoms with Gasteiger partial charge in [0.15, 0.2) is 0 Å². The van der Waals surface area contributed by atoms with Gasteiger partial charge in [0, 0.05) is 22.8 Å². The summed E-state index contributed by atoms with van der Waals surface area (Å²) in [4.78, 5) is 12.1. The minimum Gasteiger partial charge on any atom is -0.299 e. The summed E-state index contributed by atoms with van der Waals surface area (Å²) in [5, 5.41) is 1.58. The summed E-state index contributed by atoms with van der Waals surface area (Å²) in [6, 6.07) is 0. The van der Waals surface area contributed by atoms with Gasteiger partial charge in [0.25, 0.3) is 0 Å². The summed E-state index contributed by atoms with van der Waals surface area (Å²) < 4.78 is 0. The molecule has 2 heteroatoms. The Labute approximate surface area is 103 Å². The molecule has 1 nitrogen and oxygen atoms in total. The fourth-order valence-corrected chi connectivity index (χ4v) is 4.78. The van der Waals surface area contributed by atoms with Crippen LogP contribution < -0.4 is 0 Å². The van der Waals surface area contributed by atoms with Crippen LogP contribution in [0.3, 0.4) is 0 Å². The van der Waals surface area contributed by atoms with Crippen molar-refractivity contribution < 1.29 is 4.79 Å². The molecule has 2 aliphatic heterocycles. The van der Waals surface area contributed by atoms with Crippen molar-refractivity contribution in [2.45, 2.75) is 61.9 Å². The molecule has 2 fully saturated rings. The van der Waals surface area contributed by atoms with E-state index in [0.29, 0.717) is 11.7 Å². The Hall–Kier alpha value is -0.240. The minimum absolute atomic E-state index is 0.390. The van der Waals surface area contributed by atoms with E-state index in [4.69, 9.17) is 0 Å². The highest BCUT2D eigenvalue weighted by molar-refractivity contribution is 8.00. The lowest BCUT2D eigenvalue weighted by atomic mass is 9.85. The van der Waals surface area contributed by atoms with Crippen LogP contribution in [0.15, 0.2) is 12.7 Å². The van der Waals surface area contributed by atoms with Crippen LogP contribution in [-0.2, 0) is 4.79 Å². The highest BCUT2D eigenvalue weighted by Gasteiger charge is 2.34. The van der Waals surface area contributed by atoms with E-state index in [1.807, 2.05) is 6.08 Å². The Morgan fingerprint density at radius 1 is 1.31 bits per heavy atom. The first kappa shape index (κ1) is 12.2. The second-order valence-electron chi connectivity index (χ2n) is 5.13. The molecular weight excluding hydrogens is 216 g/mol. The molecule has 2 rings (SSSR count). The molecule has 2 unspecified atom stereocenters. The average molecular weight is 238 g/mol. The van der Waals surface area contributed by atoms with Crippen LogP contribution in [0.25, 0.3) is 0 Å². The van der Waals surface area contributed by atoms with E-state index in [9.17, 15) is 4.79 Å². The Kier molecular flexibility index (Phi) is 4.51. The van der Waals surface area contributed by atoms with E-state index >= 15 is 0 Å². The van der Waals surface area contributed by atoms with Crippen molar-refractivity contribution in [3.8, 4) is 0 Å². The Bertz CT molecular complexity index is 249. The van der Waals surface area contributed by atoms with Gasteiger partial charge in [-0.05, 0) is 38.5 Å². The Balaban J connectivity index is 1.80. The molecule has 2 atom stereocenters. The van der Waals surface area contributed by atoms with Crippen LogP contribution >= 0.6 is 11.8 Å². The molecule has 0 spiro atoms. The van der Waals surface area contributed by atoms with Crippen LogP contribution in [0, 0.1) is 5.92 Å². The maximum atomic E-state index is 12.1. The van der Waals surface area contributed by atoms with Crippen molar-refractivity contribution in [1.29, 1.82) is 0 Å². The number of allylic oxidation sites excluding steroid dienone is 1. The highest BCUT2D eigenvalue weighted by atomic mass is 32.2. The van der Waals surface area contributed by atoms with Crippen molar-refractivity contribution >= 4 is 17.5 Å². The maximum Gasteiger partial charge on any atom is 0.136 e. The zero-order chi connectivity index (χ0) is 11.4. The van der Waals surface area contributed by atoms with E-state index in [1.54, 1.807) is 0 Å². The van der Waals surface area contributed by atoms with E-state index in [1.165, 1.54) is 19.3 Å². The van der Waals surface area contributed by atoms with Gasteiger partial charge in [-0.3, -0.25) is 4.79 Å². The predicted molar refractivity (Wildman–Crippen MR) is 70.8 cm³/mol. The van der Waals surface area contributed by atoms with Gasteiger partial charge in [0.05, 0.1) is 0 Å². The van der Waals surface area contributed by atoms with Crippen molar-refractivity contribution in [2.24, 2.45) is 5.92 Å². The number of rotatable bonds is 5. The first-order valence-electron chi connectivity index (χ1n) is 6.58. The first-order chi connectivity index (χ1) is 7.79. The molecule has 2 heterocycles. The van der Waals surface area contributed by atoms with E-state index < -0.39 is 0 Å². The van der Waals surface area contributed by atoms with Gasteiger partial charge in [-0.25, -0.2) is 0 Å². The number of fused-ring (bicyclic) bond motifs is 2. The summed E-state index contributed by atoms with van der Waals surface area (Å²) in [6.45, 7) is 3.70. The fourth-order valence-electron chi connectivity index (χ4n) is 2.95. The molecular formula is C14H22OS. The lowest BCUT2D eigenvalue weighted by molar-refractivity contribution is -0.123. The molecule has 90 valence electrons. The smallest absolute Gasteiger partial charge is 0.136 e. The standard InChI is InChI=1S/C14H22OS/c1-2-3-4-8-14(15)11-9-12-6-5-7-13(10-11)16-12/h2,11-13H,1,3-10H2. The number of hydrogen-bond donors (Lipinski definition) is 0. The molecule has 2 bridgehead atoms. The zero-order valence-corrected chi connectivity index (χ0v) is 10.8. The first-order valence-corrected chi connectivity index (χ1v) is 7.53. The van der Waals surface area contributed by atoms with E-state index in [-0.39, 0.29) is 0 Å². The SMILES string of the molecule is C=CCCCC(=O)C1CC2CCCC(C1)S2. The lowest BCUT2D eigenvalue weighted by Gasteiger charge is -2.38. The highest BCUT2D eigenvalue weighted by Crippen LogP contribution is 2.44. The van der Waals surface area contributed by atoms with E-state index in [2.05, 4.69) is 18.3 Å². The molecule has 0 aliphatic carbocycles. The van der Waals surface area contributed by atoms with Gasteiger partial charge in [-0.15, -0.1) is 6.58 Å². The number of carbonyl (C=O) groups excluding carboxylic acids is 1. The van der Waals surface area contributed by atoms with Crippen LogP contribution in [0.1, 0.15) is 51.4 Å². The van der Waals surface area contributed by atoms with Crippen LogP contribution in [0.5, 0.6) is 0 Å². The van der Waals surface area contributed by atoms with Gasteiger partial charge in [-0.2, -0.15) is 11.8 Å². The molecule has 0 aromatic heterocycles. The third-order valence-electron chi connectivity index (χ3n) is 3.82. The largest absolute Gasteiger partial charge is 0.299 e.